The van der Waals surface area contributed by atoms with Crippen molar-refractivity contribution >= 4 is 45.3 Å². The molecule has 0 unspecified atom stereocenters. The molecule has 0 aliphatic carbocycles. The summed E-state index contributed by atoms with van der Waals surface area (Å²) in [7, 11) is -1.46. The van der Waals surface area contributed by atoms with Crippen LogP contribution in [0.25, 0.3) is 32.7 Å². The first-order chi connectivity index (χ1) is 9.74. The molecule has 1 aromatic heterocycles. The van der Waals surface area contributed by atoms with E-state index in [9.17, 15) is 10.0 Å². The van der Waals surface area contributed by atoms with E-state index in [4.69, 9.17) is 4.42 Å². The molecule has 0 spiro atoms. The van der Waals surface area contributed by atoms with E-state index in [0.29, 0.717) is 5.46 Å². The van der Waals surface area contributed by atoms with Crippen LogP contribution in [0.1, 0.15) is 0 Å². The molecule has 0 bridgehead atoms. The minimum Gasteiger partial charge on any atom is -0.456 e. The van der Waals surface area contributed by atoms with Gasteiger partial charge in [-0.1, -0.05) is 42.5 Å². The van der Waals surface area contributed by atoms with Crippen molar-refractivity contribution in [3.8, 4) is 0 Å². The fourth-order valence-electron chi connectivity index (χ4n) is 2.72. The third-order valence-electron chi connectivity index (χ3n) is 3.68. The highest BCUT2D eigenvalue weighted by atomic mass is 16.4. The molecular weight excluding hydrogens is 251 g/mol. The molecule has 4 rings (SSSR count). The molecule has 0 saturated heterocycles. The standard InChI is InChI=1S/C16H11BO3/c18-17(19)11-7-5-10-6-8-15-16(13(10)9-11)12-3-1-2-4-14(12)20-15/h1-9,18-19H. The highest BCUT2D eigenvalue weighted by Gasteiger charge is 2.14. The van der Waals surface area contributed by atoms with Gasteiger partial charge in [0.1, 0.15) is 11.2 Å². The lowest BCUT2D eigenvalue weighted by Gasteiger charge is -2.03. The molecule has 0 radical (unpaired) electrons. The summed E-state index contributed by atoms with van der Waals surface area (Å²) in [5.41, 5.74) is 2.13. The van der Waals surface area contributed by atoms with Gasteiger partial charge in [0.05, 0.1) is 0 Å². The van der Waals surface area contributed by atoms with E-state index < -0.39 is 7.12 Å². The van der Waals surface area contributed by atoms with Gasteiger partial charge in [-0.3, -0.25) is 0 Å². The van der Waals surface area contributed by atoms with E-state index in [0.717, 1.165) is 32.7 Å². The monoisotopic (exact) mass is 262 g/mol. The average molecular weight is 262 g/mol. The summed E-state index contributed by atoms with van der Waals surface area (Å²) in [5.74, 6) is 0. The van der Waals surface area contributed by atoms with Crippen LogP contribution in [0, 0.1) is 0 Å². The first-order valence-electron chi connectivity index (χ1n) is 6.44. The van der Waals surface area contributed by atoms with Crippen molar-refractivity contribution in [1.29, 1.82) is 0 Å². The molecule has 0 fully saturated rings. The van der Waals surface area contributed by atoms with Gasteiger partial charge < -0.3 is 14.5 Å². The lowest BCUT2D eigenvalue weighted by atomic mass is 9.79. The van der Waals surface area contributed by atoms with Gasteiger partial charge in [0.15, 0.2) is 0 Å². The third-order valence-corrected chi connectivity index (χ3v) is 3.68. The quantitative estimate of drug-likeness (QED) is 0.518. The molecule has 4 heteroatoms. The van der Waals surface area contributed by atoms with Crippen LogP contribution in [0.3, 0.4) is 0 Å². The largest absolute Gasteiger partial charge is 0.488 e. The Morgan fingerprint density at radius 2 is 1.60 bits per heavy atom. The molecule has 20 heavy (non-hydrogen) atoms. The van der Waals surface area contributed by atoms with Crippen LogP contribution in [0.15, 0.2) is 59.0 Å². The maximum Gasteiger partial charge on any atom is 0.488 e. The summed E-state index contributed by atoms with van der Waals surface area (Å²) in [6.45, 7) is 0. The zero-order valence-electron chi connectivity index (χ0n) is 10.6. The maximum absolute atomic E-state index is 9.35. The van der Waals surface area contributed by atoms with Gasteiger partial charge >= 0.3 is 7.12 Å². The van der Waals surface area contributed by atoms with Gasteiger partial charge in [-0.05, 0) is 28.4 Å². The molecule has 3 aromatic carbocycles. The van der Waals surface area contributed by atoms with Crippen LogP contribution in [0.2, 0.25) is 0 Å². The minimum atomic E-state index is -1.46. The number of hydrogen-bond donors (Lipinski definition) is 2. The van der Waals surface area contributed by atoms with E-state index >= 15 is 0 Å². The predicted molar refractivity (Wildman–Crippen MR) is 81.1 cm³/mol. The fourth-order valence-corrected chi connectivity index (χ4v) is 2.72. The highest BCUT2D eigenvalue weighted by molar-refractivity contribution is 6.59. The van der Waals surface area contributed by atoms with Gasteiger partial charge in [0.2, 0.25) is 0 Å². The predicted octanol–water partition coefficient (Wildman–Crippen LogP) is 2.42. The van der Waals surface area contributed by atoms with Crippen LogP contribution >= 0.6 is 0 Å². The summed E-state index contributed by atoms with van der Waals surface area (Å²) >= 11 is 0. The van der Waals surface area contributed by atoms with Crippen molar-refractivity contribution in [2.75, 3.05) is 0 Å². The molecule has 96 valence electrons. The number of furan rings is 1. The van der Waals surface area contributed by atoms with Gasteiger partial charge in [0.25, 0.3) is 0 Å². The third kappa shape index (κ3) is 1.56. The summed E-state index contributed by atoms with van der Waals surface area (Å²) in [6, 6.07) is 17.2. The lowest BCUT2D eigenvalue weighted by Crippen LogP contribution is -2.29. The zero-order valence-corrected chi connectivity index (χ0v) is 10.6. The van der Waals surface area contributed by atoms with Gasteiger partial charge in [-0.15, -0.1) is 0 Å². The smallest absolute Gasteiger partial charge is 0.456 e. The Morgan fingerprint density at radius 3 is 2.45 bits per heavy atom. The Balaban J connectivity index is 2.22. The molecule has 0 atom stereocenters. The van der Waals surface area contributed by atoms with Crippen LogP contribution in [-0.4, -0.2) is 17.2 Å². The van der Waals surface area contributed by atoms with Crippen LogP contribution < -0.4 is 5.46 Å². The number of benzene rings is 3. The van der Waals surface area contributed by atoms with E-state index in [1.54, 1.807) is 6.07 Å². The molecule has 0 aliphatic heterocycles. The first kappa shape index (κ1) is 11.5. The van der Waals surface area contributed by atoms with Crippen molar-refractivity contribution < 1.29 is 14.5 Å². The molecule has 0 saturated carbocycles. The van der Waals surface area contributed by atoms with E-state index in [2.05, 4.69) is 0 Å². The summed E-state index contributed by atoms with van der Waals surface area (Å²) < 4.78 is 5.84. The van der Waals surface area contributed by atoms with Crippen molar-refractivity contribution in [2.45, 2.75) is 0 Å². The Morgan fingerprint density at radius 1 is 0.800 bits per heavy atom. The van der Waals surface area contributed by atoms with Crippen LogP contribution in [0.4, 0.5) is 0 Å². The molecule has 3 nitrogen and oxygen atoms in total. The first-order valence-corrected chi connectivity index (χ1v) is 6.44. The van der Waals surface area contributed by atoms with E-state index in [-0.39, 0.29) is 0 Å². The van der Waals surface area contributed by atoms with Crippen LogP contribution in [0.5, 0.6) is 0 Å². The Kier molecular flexibility index (Phi) is 2.36. The Bertz CT molecular complexity index is 940. The average Bonchev–Trinajstić information content (AvgIpc) is 2.85. The van der Waals surface area contributed by atoms with Gasteiger partial charge in [-0.2, -0.15) is 0 Å². The normalized spacial score (nSPS) is 11.5. The minimum absolute atomic E-state index is 0.482. The number of fused-ring (bicyclic) bond motifs is 5. The number of para-hydroxylation sites is 1. The number of hydrogen-bond acceptors (Lipinski definition) is 3. The summed E-state index contributed by atoms with van der Waals surface area (Å²) in [6.07, 6.45) is 0. The molecule has 1 heterocycles. The van der Waals surface area contributed by atoms with Crippen molar-refractivity contribution in [3.63, 3.8) is 0 Å². The number of rotatable bonds is 1. The molecule has 4 aromatic rings. The van der Waals surface area contributed by atoms with E-state index in [1.165, 1.54) is 0 Å². The summed E-state index contributed by atoms with van der Waals surface area (Å²) in [5, 5.41) is 22.8. The molecule has 0 aliphatic rings. The van der Waals surface area contributed by atoms with Crippen LogP contribution in [-0.2, 0) is 0 Å². The zero-order chi connectivity index (χ0) is 13.7. The molecular formula is C16H11BO3. The SMILES string of the molecule is OB(O)c1ccc2ccc3oc4ccccc4c3c2c1. The molecule has 2 N–H and O–H groups in total. The lowest BCUT2D eigenvalue weighted by molar-refractivity contribution is 0.426. The van der Waals surface area contributed by atoms with Crippen molar-refractivity contribution in [2.24, 2.45) is 0 Å². The highest BCUT2D eigenvalue weighted by Crippen LogP contribution is 2.33. The van der Waals surface area contributed by atoms with Crippen molar-refractivity contribution in [1.82, 2.24) is 0 Å². The second-order valence-electron chi connectivity index (χ2n) is 4.89. The topological polar surface area (TPSA) is 53.6 Å². The Hall–Kier alpha value is -2.30. The maximum atomic E-state index is 9.35. The second-order valence-corrected chi connectivity index (χ2v) is 4.89. The van der Waals surface area contributed by atoms with E-state index in [1.807, 2.05) is 48.5 Å². The van der Waals surface area contributed by atoms with Gasteiger partial charge in [-0.25, -0.2) is 0 Å². The van der Waals surface area contributed by atoms with Crippen molar-refractivity contribution in [3.05, 3.63) is 54.6 Å². The second kappa shape index (κ2) is 4.10. The van der Waals surface area contributed by atoms with Gasteiger partial charge in [0, 0.05) is 10.8 Å². The Labute approximate surface area is 115 Å². The summed E-state index contributed by atoms with van der Waals surface area (Å²) in [4.78, 5) is 0. The fraction of sp³-hybridized carbons (Fsp3) is 0. The molecule has 0 amide bonds.